The molecule has 29 heavy (non-hydrogen) atoms. The number of ether oxygens (including phenoxy) is 2. The first-order valence-electron chi connectivity index (χ1n) is 9.48. The predicted molar refractivity (Wildman–Crippen MR) is 116 cm³/mol. The van der Waals surface area contributed by atoms with Crippen molar-refractivity contribution in [3.05, 3.63) is 65.2 Å². The van der Waals surface area contributed by atoms with E-state index in [1.165, 1.54) is 11.1 Å². The van der Waals surface area contributed by atoms with Gasteiger partial charge in [0.15, 0.2) is 6.29 Å². The number of carbonyl (C=O) groups is 1. The summed E-state index contributed by atoms with van der Waals surface area (Å²) >= 11 is 0. The third kappa shape index (κ3) is 4.72. The Hall–Kier alpha value is -2.96. The molecule has 1 heterocycles. The molecule has 1 aromatic heterocycles. The molecule has 2 aromatic carbocycles. The van der Waals surface area contributed by atoms with Gasteiger partial charge >= 0.3 is 0 Å². The number of anilines is 2. The standard InChI is InChI=1S/C23H27N3O3/c1-15-10-11-17(12-16(15)2)24-21-13-19(18-8-6-7-9-20(18)25-21)23(27)26(3)14-22(28-4)29-5/h6-13,22H,14H2,1-5H3,(H,24,25). The molecule has 0 spiro atoms. The molecule has 0 atom stereocenters. The lowest BCUT2D eigenvalue weighted by molar-refractivity contribution is -0.110. The number of amides is 1. The molecule has 0 unspecified atom stereocenters. The molecule has 0 fully saturated rings. The number of para-hydroxylation sites is 1. The smallest absolute Gasteiger partial charge is 0.254 e. The zero-order valence-electron chi connectivity index (χ0n) is 17.5. The van der Waals surface area contributed by atoms with E-state index in [1.54, 1.807) is 32.2 Å². The Labute approximate surface area is 171 Å². The van der Waals surface area contributed by atoms with Crippen LogP contribution in [0.5, 0.6) is 0 Å². The van der Waals surface area contributed by atoms with Crippen LogP contribution < -0.4 is 5.32 Å². The topological polar surface area (TPSA) is 63.7 Å². The van der Waals surface area contributed by atoms with Crippen molar-refractivity contribution in [3.63, 3.8) is 0 Å². The van der Waals surface area contributed by atoms with Crippen LogP contribution in [-0.2, 0) is 9.47 Å². The van der Waals surface area contributed by atoms with E-state index in [9.17, 15) is 4.79 Å². The average molecular weight is 393 g/mol. The normalized spacial score (nSPS) is 11.1. The second-order valence-electron chi connectivity index (χ2n) is 7.08. The minimum absolute atomic E-state index is 0.120. The second kappa shape index (κ2) is 9.03. The summed E-state index contributed by atoms with van der Waals surface area (Å²) in [5.74, 6) is 0.504. The first kappa shape index (κ1) is 20.8. The van der Waals surface area contributed by atoms with Crippen LogP contribution in [0.1, 0.15) is 21.5 Å². The molecule has 1 amide bonds. The molecule has 152 valence electrons. The van der Waals surface area contributed by atoms with E-state index in [1.807, 2.05) is 30.3 Å². The van der Waals surface area contributed by atoms with Crippen LogP contribution in [0.4, 0.5) is 11.5 Å². The number of rotatable bonds is 7. The summed E-state index contributed by atoms with van der Waals surface area (Å²) in [4.78, 5) is 19.5. The maximum Gasteiger partial charge on any atom is 0.254 e. The van der Waals surface area contributed by atoms with E-state index < -0.39 is 6.29 Å². The fourth-order valence-corrected chi connectivity index (χ4v) is 3.14. The van der Waals surface area contributed by atoms with Crippen molar-refractivity contribution in [3.8, 4) is 0 Å². The molecule has 3 aromatic rings. The summed E-state index contributed by atoms with van der Waals surface area (Å²) in [7, 11) is 4.85. The Morgan fingerprint density at radius 3 is 2.48 bits per heavy atom. The number of carbonyl (C=O) groups excluding carboxylic acids is 1. The van der Waals surface area contributed by atoms with Gasteiger partial charge < -0.3 is 19.7 Å². The number of hydrogen-bond acceptors (Lipinski definition) is 5. The number of benzene rings is 2. The van der Waals surface area contributed by atoms with Crippen LogP contribution in [0.3, 0.4) is 0 Å². The second-order valence-corrected chi connectivity index (χ2v) is 7.08. The molecular formula is C23H27N3O3. The zero-order valence-corrected chi connectivity index (χ0v) is 17.5. The van der Waals surface area contributed by atoms with Gasteiger partial charge in [0.2, 0.25) is 0 Å². The third-order valence-corrected chi connectivity index (χ3v) is 5.02. The highest BCUT2D eigenvalue weighted by atomic mass is 16.7. The summed E-state index contributed by atoms with van der Waals surface area (Å²) in [6, 6.07) is 15.6. The summed E-state index contributed by atoms with van der Waals surface area (Å²) in [6.07, 6.45) is -0.481. The van der Waals surface area contributed by atoms with Gasteiger partial charge in [0.05, 0.1) is 17.6 Å². The van der Waals surface area contributed by atoms with Gasteiger partial charge in [-0.05, 0) is 49.2 Å². The summed E-state index contributed by atoms with van der Waals surface area (Å²) in [5, 5.41) is 4.14. The number of methoxy groups -OCH3 is 2. The maximum absolute atomic E-state index is 13.2. The van der Waals surface area contributed by atoms with Gasteiger partial charge in [-0.3, -0.25) is 4.79 Å². The highest BCUT2D eigenvalue weighted by molar-refractivity contribution is 6.07. The van der Waals surface area contributed by atoms with Crippen LogP contribution in [0.25, 0.3) is 10.9 Å². The largest absolute Gasteiger partial charge is 0.354 e. The van der Waals surface area contributed by atoms with Gasteiger partial charge in [-0.15, -0.1) is 0 Å². The van der Waals surface area contributed by atoms with Crippen molar-refractivity contribution in [1.29, 1.82) is 0 Å². The Morgan fingerprint density at radius 1 is 1.07 bits per heavy atom. The highest BCUT2D eigenvalue weighted by Crippen LogP contribution is 2.25. The third-order valence-electron chi connectivity index (χ3n) is 5.02. The van der Waals surface area contributed by atoms with E-state index in [4.69, 9.17) is 9.47 Å². The molecule has 0 aliphatic heterocycles. The number of nitrogens with one attached hydrogen (secondary N) is 1. The Morgan fingerprint density at radius 2 is 1.79 bits per heavy atom. The molecule has 0 aliphatic rings. The van der Waals surface area contributed by atoms with E-state index in [-0.39, 0.29) is 5.91 Å². The highest BCUT2D eigenvalue weighted by Gasteiger charge is 2.20. The van der Waals surface area contributed by atoms with E-state index in [0.29, 0.717) is 17.9 Å². The van der Waals surface area contributed by atoms with Crippen LogP contribution in [-0.4, -0.2) is 49.9 Å². The quantitative estimate of drug-likeness (QED) is 0.607. The Bertz CT molecular complexity index is 1020. The lowest BCUT2D eigenvalue weighted by Gasteiger charge is -2.23. The number of aryl methyl sites for hydroxylation is 2. The van der Waals surface area contributed by atoms with Crippen molar-refractivity contribution in [2.24, 2.45) is 0 Å². The van der Waals surface area contributed by atoms with E-state index in [2.05, 4.69) is 36.3 Å². The monoisotopic (exact) mass is 393 g/mol. The number of hydrogen-bond donors (Lipinski definition) is 1. The number of nitrogens with zero attached hydrogens (tertiary/aromatic N) is 2. The van der Waals surface area contributed by atoms with Crippen molar-refractivity contribution in [2.75, 3.05) is 33.1 Å². The van der Waals surface area contributed by atoms with Crippen molar-refractivity contribution >= 4 is 28.3 Å². The minimum Gasteiger partial charge on any atom is -0.354 e. The Kier molecular flexibility index (Phi) is 6.46. The average Bonchev–Trinajstić information content (AvgIpc) is 2.73. The van der Waals surface area contributed by atoms with Crippen molar-refractivity contribution in [1.82, 2.24) is 9.88 Å². The molecule has 6 heteroatoms. The molecule has 0 saturated heterocycles. The van der Waals surface area contributed by atoms with Gasteiger partial charge in [0.25, 0.3) is 5.91 Å². The van der Waals surface area contributed by atoms with Crippen molar-refractivity contribution in [2.45, 2.75) is 20.1 Å². The van der Waals surface area contributed by atoms with Crippen LogP contribution >= 0.6 is 0 Å². The first-order chi connectivity index (χ1) is 13.9. The maximum atomic E-state index is 13.2. The lowest BCUT2D eigenvalue weighted by atomic mass is 10.1. The lowest BCUT2D eigenvalue weighted by Crippen LogP contribution is -2.36. The minimum atomic E-state index is -0.481. The SMILES string of the molecule is COC(CN(C)C(=O)c1cc(Nc2ccc(C)c(C)c2)nc2ccccc12)OC. The van der Waals surface area contributed by atoms with E-state index in [0.717, 1.165) is 16.6 Å². The van der Waals surface area contributed by atoms with Gasteiger partial charge in [0, 0.05) is 32.3 Å². The fourth-order valence-electron chi connectivity index (χ4n) is 3.14. The van der Waals surface area contributed by atoms with E-state index >= 15 is 0 Å². The molecular weight excluding hydrogens is 366 g/mol. The number of likely N-dealkylation sites (N-methyl/N-ethyl adjacent to an activating group) is 1. The van der Waals surface area contributed by atoms with Crippen LogP contribution in [0.15, 0.2) is 48.5 Å². The molecule has 0 radical (unpaired) electrons. The molecule has 1 N–H and O–H groups in total. The predicted octanol–water partition coefficient (Wildman–Crippen LogP) is 4.29. The van der Waals surface area contributed by atoms with Crippen LogP contribution in [0.2, 0.25) is 0 Å². The number of pyridine rings is 1. The summed E-state index contributed by atoms with van der Waals surface area (Å²) in [6.45, 7) is 4.47. The summed E-state index contributed by atoms with van der Waals surface area (Å²) < 4.78 is 10.5. The van der Waals surface area contributed by atoms with Gasteiger partial charge in [-0.2, -0.15) is 0 Å². The molecule has 0 aliphatic carbocycles. The first-order valence-corrected chi connectivity index (χ1v) is 9.48. The molecule has 3 rings (SSSR count). The van der Waals surface area contributed by atoms with Crippen LogP contribution in [0, 0.1) is 13.8 Å². The van der Waals surface area contributed by atoms with Gasteiger partial charge in [0.1, 0.15) is 5.82 Å². The number of fused-ring (bicyclic) bond motifs is 1. The number of aromatic nitrogens is 1. The van der Waals surface area contributed by atoms with Crippen molar-refractivity contribution < 1.29 is 14.3 Å². The fraction of sp³-hybridized carbons (Fsp3) is 0.304. The van der Waals surface area contributed by atoms with Gasteiger partial charge in [-0.1, -0.05) is 24.3 Å². The molecule has 6 nitrogen and oxygen atoms in total. The molecule has 0 saturated carbocycles. The summed E-state index contributed by atoms with van der Waals surface area (Å²) in [5.41, 5.74) is 4.69. The van der Waals surface area contributed by atoms with Gasteiger partial charge in [-0.25, -0.2) is 4.98 Å². The zero-order chi connectivity index (χ0) is 21.0. The Balaban J connectivity index is 1.97. The molecule has 0 bridgehead atoms.